The molecule has 5 heteroatoms. The van der Waals surface area contributed by atoms with Crippen LogP contribution in [-0.4, -0.2) is 51.1 Å². The van der Waals surface area contributed by atoms with E-state index in [1.54, 1.807) is 0 Å². The van der Waals surface area contributed by atoms with Gasteiger partial charge in [0.15, 0.2) is 0 Å². The zero-order chi connectivity index (χ0) is 13.2. The molecule has 1 unspecified atom stereocenters. The van der Waals surface area contributed by atoms with Crippen LogP contribution in [0.3, 0.4) is 0 Å². The minimum Gasteiger partial charge on any atom is -0.465 e. The highest BCUT2D eigenvalue weighted by Crippen LogP contribution is 2.30. The maximum atomic E-state index is 11.0. The number of hydrogen-bond acceptors (Lipinski definition) is 3. The SMILES string of the molecule is O=C(O)N1CC(O)(Cc2ccccc2)C[C@@H]1CO. The van der Waals surface area contributed by atoms with Crippen molar-refractivity contribution >= 4 is 6.09 Å². The van der Waals surface area contributed by atoms with Gasteiger partial charge in [0.25, 0.3) is 0 Å². The fourth-order valence-electron chi connectivity index (χ4n) is 2.55. The molecule has 1 fully saturated rings. The average Bonchev–Trinajstić information content (AvgIpc) is 2.68. The van der Waals surface area contributed by atoms with Gasteiger partial charge in [-0.2, -0.15) is 0 Å². The van der Waals surface area contributed by atoms with Gasteiger partial charge >= 0.3 is 6.09 Å². The smallest absolute Gasteiger partial charge is 0.407 e. The van der Waals surface area contributed by atoms with Gasteiger partial charge in [0, 0.05) is 12.8 Å². The first-order chi connectivity index (χ1) is 8.54. The largest absolute Gasteiger partial charge is 0.465 e. The zero-order valence-electron chi connectivity index (χ0n) is 9.99. The number of aliphatic hydroxyl groups excluding tert-OH is 1. The highest BCUT2D eigenvalue weighted by Gasteiger charge is 2.44. The van der Waals surface area contributed by atoms with Gasteiger partial charge in [0.2, 0.25) is 0 Å². The highest BCUT2D eigenvalue weighted by atomic mass is 16.4. The van der Waals surface area contributed by atoms with Gasteiger partial charge < -0.3 is 20.2 Å². The van der Waals surface area contributed by atoms with Crippen LogP contribution in [0.5, 0.6) is 0 Å². The Kier molecular flexibility index (Phi) is 3.54. The Labute approximate surface area is 105 Å². The lowest BCUT2D eigenvalue weighted by Gasteiger charge is -2.22. The van der Waals surface area contributed by atoms with Crippen LogP contribution in [0.2, 0.25) is 0 Å². The molecule has 98 valence electrons. The van der Waals surface area contributed by atoms with Gasteiger partial charge in [-0.25, -0.2) is 4.79 Å². The Bertz CT molecular complexity index is 422. The standard InChI is InChI=1S/C13H17NO4/c15-8-11-7-13(18,9-14(11)12(16)17)6-10-4-2-1-3-5-10/h1-5,11,15,18H,6-9H2,(H,16,17)/t11-,13?/m1/s1. The molecule has 0 spiro atoms. The molecule has 1 heterocycles. The van der Waals surface area contributed by atoms with Crippen molar-refractivity contribution in [3.05, 3.63) is 35.9 Å². The molecule has 1 aromatic rings. The molecule has 0 radical (unpaired) electrons. The second-order valence-electron chi connectivity index (χ2n) is 4.84. The summed E-state index contributed by atoms with van der Waals surface area (Å²) in [7, 11) is 0. The molecule has 18 heavy (non-hydrogen) atoms. The van der Waals surface area contributed by atoms with Crippen LogP contribution in [0, 0.1) is 0 Å². The molecule has 3 N–H and O–H groups in total. The van der Waals surface area contributed by atoms with E-state index in [-0.39, 0.29) is 19.6 Å². The van der Waals surface area contributed by atoms with Crippen molar-refractivity contribution in [1.29, 1.82) is 0 Å². The summed E-state index contributed by atoms with van der Waals surface area (Å²) >= 11 is 0. The number of benzene rings is 1. The Morgan fingerprint density at radius 1 is 1.39 bits per heavy atom. The summed E-state index contributed by atoms with van der Waals surface area (Å²) in [4.78, 5) is 12.1. The third-order valence-corrected chi connectivity index (χ3v) is 3.35. The van der Waals surface area contributed by atoms with E-state index in [4.69, 9.17) is 10.2 Å². The van der Waals surface area contributed by atoms with Crippen molar-refractivity contribution in [3.63, 3.8) is 0 Å². The lowest BCUT2D eigenvalue weighted by molar-refractivity contribution is 0.0490. The van der Waals surface area contributed by atoms with E-state index in [0.717, 1.165) is 10.5 Å². The molecule has 1 amide bonds. The van der Waals surface area contributed by atoms with Crippen LogP contribution in [-0.2, 0) is 6.42 Å². The highest BCUT2D eigenvalue weighted by molar-refractivity contribution is 5.66. The van der Waals surface area contributed by atoms with Crippen molar-refractivity contribution < 1.29 is 20.1 Å². The summed E-state index contributed by atoms with van der Waals surface area (Å²) in [5.74, 6) is 0. The van der Waals surface area contributed by atoms with Crippen LogP contribution in [0.1, 0.15) is 12.0 Å². The Morgan fingerprint density at radius 3 is 2.56 bits per heavy atom. The summed E-state index contributed by atoms with van der Waals surface area (Å²) < 4.78 is 0. The van der Waals surface area contributed by atoms with E-state index in [2.05, 4.69) is 0 Å². The number of β-amino-alcohol motifs (C(OH)–C–C–N with tert-alkyl or cyclic N) is 1. The van der Waals surface area contributed by atoms with Crippen LogP contribution in [0.15, 0.2) is 30.3 Å². The summed E-state index contributed by atoms with van der Waals surface area (Å²) in [5, 5.41) is 28.6. The number of hydrogen-bond donors (Lipinski definition) is 3. The first-order valence-electron chi connectivity index (χ1n) is 5.91. The van der Waals surface area contributed by atoms with Crippen molar-refractivity contribution in [1.82, 2.24) is 4.90 Å². The summed E-state index contributed by atoms with van der Waals surface area (Å²) in [5.41, 5.74) is -0.128. The molecule has 5 nitrogen and oxygen atoms in total. The van der Waals surface area contributed by atoms with Gasteiger partial charge in [-0.1, -0.05) is 30.3 Å². The number of aliphatic hydroxyl groups is 2. The molecular weight excluding hydrogens is 234 g/mol. The molecule has 1 saturated heterocycles. The first-order valence-corrected chi connectivity index (χ1v) is 5.91. The average molecular weight is 251 g/mol. The normalized spacial score (nSPS) is 27.4. The second kappa shape index (κ2) is 4.96. The quantitative estimate of drug-likeness (QED) is 0.739. The van der Waals surface area contributed by atoms with Crippen LogP contribution in [0.4, 0.5) is 4.79 Å². The fourth-order valence-corrected chi connectivity index (χ4v) is 2.55. The third-order valence-electron chi connectivity index (χ3n) is 3.35. The lowest BCUT2D eigenvalue weighted by atomic mass is 9.92. The second-order valence-corrected chi connectivity index (χ2v) is 4.84. The number of carbonyl (C=O) groups is 1. The Balaban J connectivity index is 2.11. The van der Waals surface area contributed by atoms with Crippen molar-refractivity contribution in [2.45, 2.75) is 24.5 Å². The summed E-state index contributed by atoms with van der Waals surface area (Å²) in [6, 6.07) is 8.93. The van der Waals surface area contributed by atoms with E-state index in [1.165, 1.54) is 0 Å². The van der Waals surface area contributed by atoms with Crippen molar-refractivity contribution in [2.75, 3.05) is 13.2 Å². The van der Waals surface area contributed by atoms with Crippen molar-refractivity contribution in [2.24, 2.45) is 0 Å². The zero-order valence-corrected chi connectivity index (χ0v) is 9.99. The topological polar surface area (TPSA) is 81.0 Å². The molecular formula is C13H17NO4. The Hall–Kier alpha value is -1.59. The molecule has 2 rings (SSSR count). The maximum absolute atomic E-state index is 11.0. The fraction of sp³-hybridized carbons (Fsp3) is 0.462. The predicted octanol–water partition coefficient (Wildman–Crippen LogP) is 0.705. The maximum Gasteiger partial charge on any atom is 0.407 e. The number of rotatable bonds is 3. The van der Waals surface area contributed by atoms with Gasteiger partial charge in [0.05, 0.1) is 24.8 Å². The van der Waals surface area contributed by atoms with E-state index in [9.17, 15) is 9.90 Å². The van der Waals surface area contributed by atoms with Crippen LogP contribution in [0.25, 0.3) is 0 Å². The molecule has 1 aromatic carbocycles. The van der Waals surface area contributed by atoms with Gasteiger partial charge in [-0.15, -0.1) is 0 Å². The molecule has 0 bridgehead atoms. The van der Waals surface area contributed by atoms with E-state index in [0.29, 0.717) is 6.42 Å². The molecule has 0 saturated carbocycles. The molecule has 0 aromatic heterocycles. The monoisotopic (exact) mass is 251 g/mol. The molecule has 0 aliphatic carbocycles. The van der Waals surface area contributed by atoms with E-state index >= 15 is 0 Å². The number of amides is 1. The number of carboxylic acid groups (broad SMARTS) is 1. The van der Waals surface area contributed by atoms with Crippen LogP contribution >= 0.6 is 0 Å². The van der Waals surface area contributed by atoms with E-state index < -0.39 is 17.7 Å². The van der Waals surface area contributed by atoms with Crippen LogP contribution < -0.4 is 0 Å². The van der Waals surface area contributed by atoms with E-state index in [1.807, 2.05) is 30.3 Å². The molecule has 1 aliphatic rings. The number of nitrogens with zero attached hydrogens (tertiary/aromatic N) is 1. The summed E-state index contributed by atoms with van der Waals surface area (Å²) in [6.07, 6.45) is -0.434. The predicted molar refractivity (Wildman–Crippen MR) is 65.3 cm³/mol. The molecule has 2 atom stereocenters. The molecule has 1 aliphatic heterocycles. The van der Waals surface area contributed by atoms with Gasteiger partial charge in [-0.05, 0) is 5.56 Å². The Morgan fingerprint density at radius 2 is 2.06 bits per heavy atom. The minimum absolute atomic E-state index is 0.0441. The minimum atomic E-state index is -1.10. The lowest BCUT2D eigenvalue weighted by Crippen LogP contribution is -2.39. The third kappa shape index (κ3) is 2.63. The van der Waals surface area contributed by atoms with Crippen molar-refractivity contribution in [3.8, 4) is 0 Å². The summed E-state index contributed by atoms with van der Waals surface area (Å²) in [6.45, 7) is -0.216. The number of likely N-dealkylation sites (tertiary alicyclic amines) is 1. The van der Waals surface area contributed by atoms with Gasteiger partial charge in [-0.3, -0.25) is 0 Å². The van der Waals surface area contributed by atoms with Gasteiger partial charge in [0.1, 0.15) is 0 Å². The first kappa shape index (κ1) is 12.9.